The Morgan fingerprint density at radius 2 is 1.94 bits per heavy atom. The fraction of sp³-hybridized carbons (Fsp3) is 0.208. The summed E-state index contributed by atoms with van der Waals surface area (Å²) in [5, 5.41) is 4.19. The molecule has 0 saturated heterocycles. The molecule has 2 amide bonds. The molecule has 4 rings (SSSR count). The smallest absolute Gasteiger partial charge is 0.254 e. The lowest BCUT2D eigenvalue weighted by Gasteiger charge is -2.23. The second-order valence-electron chi connectivity index (χ2n) is 7.82. The summed E-state index contributed by atoms with van der Waals surface area (Å²) in [6.07, 6.45) is 3.27. The molecule has 34 heavy (non-hydrogen) atoms. The molecule has 0 aliphatic carbocycles. The number of nitrogens with zero attached hydrogens (tertiary/aromatic N) is 5. The van der Waals surface area contributed by atoms with Gasteiger partial charge in [-0.15, -0.1) is 0 Å². The van der Waals surface area contributed by atoms with Gasteiger partial charge < -0.3 is 10.6 Å². The number of carbonyl (C=O) groups excluding carboxylic acids is 2. The number of anilines is 1. The Morgan fingerprint density at radius 1 is 1.15 bits per heavy atom. The Balaban J connectivity index is 1.63. The molecule has 2 N–H and O–H groups in total. The fourth-order valence-electron chi connectivity index (χ4n) is 3.88. The van der Waals surface area contributed by atoms with Crippen LogP contribution in [-0.2, 0) is 17.8 Å². The zero-order valence-electron chi connectivity index (χ0n) is 18.6. The number of aryl methyl sites for hydroxylation is 2. The number of halogens is 2. The third-order valence-electron chi connectivity index (χ3n) is 5.61. The Bertz CT molecular complexity index is 1390. The molecule has 3 heterocycles. The molecular formula is C24H22F2N6O2. The predicted molar refractivity (Wildman–Crippen MR) is 121 cm³/mol. The Kier molecular flexibility index (Phi) is 6.31. The van der Waals surface area contributed by atoms with Crippen molar-refractivity contribution in [3.8, 4) is 0 Å². The number of hydrogen-bond acceptors (Lipinski definition) is 5. The van der Waals surface area contributed by atoms with Crippen LogP contribution in [0, 0.1) is 25.5 Å². The van der Waals surface area contributed by atoms with Gasteiger partial charge in [0, 0.05) is 30.1 Å². The number of primary amides is 1. The lowest BCUT2D eigenvalue weighted by molar-refractivity contribution is -0.118. The summed E-state index contributed by atoms with van der Waals surface area (Å²) >= 11 is 0. The van der Waals surface area contributed by atoms with E-state index in [-0.39, 0.29) is 30.1 Å². The van der Waals surface area contributed by atoms with Crippen molar-refractivity contribution in [2.45, 2.75) is 33.2 Å². The maximum atomic E-state index is 14.6. The van der Waals surface area contributed by atoms with Gasteiger partial charge in [-0.05, 0) is 50.1 Å². The number of nitrogens with two attached hydrogens (primary N) is 1. The maximum Gasteiger partial charge on any atom is 0.254 e. The van der Waals surface area contributed by atoms with Crippen LogP contribution in [0.4, 0.5) is 14.5 Å². The number of aromatic nitrogens is 4. The molecule has 0 unspecified atom stereocenters. The second-order valence-corrected chi connectivity index (χ2v) is 7.82. The van der Waals surface area contributed by atoms with Crippen LogP contribution in [0.5, 0.6) is 0 Å². The van der Waals surface area contributed by atoms with Crippen molar-refractivity contribution in [3.05, 3.63) is 88.6 Å². The molecule has 0 aliphatic rings. The molecule has 0 bridgehead atoms. The van der Waals surface area contributed by atoms with Gasteiger partial charge in [0.2, 0.25) is 5.91 Å². The van der Waals surface area contributed by atoms with Crippen LogP contribution in [0.1, 0.15) is 39.4 Å². The van der Waals surface area contributed by atoms with E-state index >= 15 is 0 Å². The topological polar surface area (TPSA) is 106 Å². The minimum atomic E-state index is -0.838. The number of rotatable bonds is 7. The number of carbonyl (C=O) groups is 2. The van der Waals surface area contributed by atoms with E-state index in [1.165, 1.54) is 21.7 Å². The average Bonchev–Trinajstić information content (AvgIpc) is 3.22. The number of benzene rings is 1. The van der Waals surface area contributed by atoms with Crippen molar-refractivity contribution < 1.29 is 18.4 Å². The van der Waals surface area contributed by atoms with Crippen LogP contribution in [0.2, 0.25) is 0 Å². The van der Waals surface area contributed by atoms with Crippen molar-refractivity contribution in [1.82, 2.24) is 19.6 Å². The SMILES string of the molecule is Cc1nc2c(C(N)=O)cnn2c(C)c1CCC(=O)N(Cc1ccccn1)c1ccc(F)cc1F. The van der Waals surface area contributed by atoms with E-state index in [0.717, 1.165) is 17.7 Å². The number of fused-ring (bicyclic) bond motifs is 1. The van der Waals surface area contributed by atoms with E-state index in [4.69, 9.17) is 5.73 Å². The molecule has 174 valence electrons. The van der Waals surface area contributed by atoms with Crippen LogP contribution < -0.4 is 10.6 Å². The normalized spacial score (nSPS) is 11.1. The molecule has 10 heteroatoms. The molecule has 3 aromatic heterocycles. The highest BCUT2D eigenvalue weighted by Gasteiger charge is 2.22. The van der Waals surface area contributed by atoms with Crippen molar-refractivity contribution >= 4 is 23.1 Å². The number of amides is 2. The van der Waals surface area contributed by atoms with Crippen LogP contribution in [0.25, 0.3) is 5.65 Å². The first-order valence-electron chi connectivity index (χ1n) is 10.5. The molecule has 0 fully saturated rings. The van der Waals surface area contributed by atoms with Crippen LogP contribution in [0.15, 0.2) is 48.8 Å². The van der Waals surface area contributed by atoms with Gasteiger partial charge in [-0.25, -0.2) is 18.3 Å². The summed E-state index contributed by atoms with van der Waals surface area (Å²) in [7, 11) is 0. The highest BCUT2D eigenvalue weighted by Crippen LogP contribution is 2.24. The van der Waals surface area contributed by atoms with Crippen molar-refractivity contribution in [2.24, 2.45) is 5.73 Å². The van der Waals surface area contributed by atoms with E-state index in [2.05, 4.69) is 15.1 Å². The summed E-state index contributed by atoms with van der Waals surface area (Å²) in [6.45, 7) is 3.61. The summed E-state index contributed by atoms with van der Waals surface area (Å²) in [5.74, 6) is -2.56. The summed E-state index contributed by atoms with van der Waals surface area (Å²) in [5.41, 5.74) is 8.60. The zero-order valence-corrected chi connectivity index (χ0v) is 18.6. The van der Waals surface area contributed by atoms with Crippen LogP contribution in [0.3, 0.4) is 0 Å². The first-order chi connectivity index (χ1) is 16.3. The van der Waals surface area contributed by atoms with Crippen LogP contribution >= 0.6 is 0 Å². The fourth-order valence-corrected chi connectivity index (χ4v) is 3.88. The molecule has 0 spiro atoms. The van der Waals surface area contributed by atoms with Crippen LogP contribution in [-0.4, -0.2) is 31.4 Å². The average molecular weight is 464 g/mol. The van der Waals surface area contributed by atoms with Gasteiger partial charge in [-0.2, -0.15) is 5.10 Å². The van der Waals surface area contributed by atoms with Crippen molar-refractivity contribution in [2.75, 3.05) is 4.90 Å². The highest BCUT2D eigenvalue weighted by molar-refractivity contribution is 5.98. The molecule has 0 radical (unpaired) electrons. The lowest BCUT2D eigenvalue weighted by Crippen LogP contribution is -2.32. The van der Waals surface area contributed by atoms with Gasteiger partial charge in [0.15, 0.2) is 5.65 Å². The minimum absolute atomic E-state index is 0.0264. The van der Waals surface area contributed by atoms with E-state index in [1.807, 2.05) is 6.92 Å². The second kappa shape index (κ2) is 9.34. The molecular weight excluding hydrogens is 442 g/mol. The van der Waals surface area contributed by atoms with Gasteiger partial charge in [0.25, 0.3) is 5.91 Å². The first-order valence-corrected chi connectivity index (χ1v) is 10.5. The Hall–Kier alpha value is -4.21. The molecule has 8 nitrogen and oxygen atoms in total. The van der Waals surface area contributed by atoms with E-state index in [9.17, 15) is 18.4 Å². The number of pyridine rings is 1. The number of hydrogen-bond donors (Lipinski definition) is 1. The van der Waals surface area contributed by atoms with E-state index in [0.29, 0.717) is 29.1 Å². The summed E-state index contributed by atoms with van der Waals surface area (Å²) < 4.78 is 29.6. The Morgan fingerprint density at radius 3 is 2.62 bits per heavy atom. The minimum Gasteiger partial charge on any atom is -0.365 e. The third kappa shape index (κ3) is 4.47. The van der Waals surface area contributed by atoms with Gasteiger partial charge in [0.1, 0.15) is 17.2 Å². The third-order valence-corrected chi connectivity index (χ3v) is 5.61. The summed E-state index contributed by atoms with van der Waals surface area (Å²) in [6, 6.07) is 8.32. The monoisotopic (exact) mass is 464 g/mol. The molecule has 4 aromatic rings. The largest absolute Gasteiger partial charge is 0.365 e. The first kappa shape index (κ1) is 23.0. The predicted octanol–water partition coefficient (Wildman–Crippen LogP) is 3.28. The zero-order chi connectivity index (χ0) is 24.4. The van der Waals surface area contributed by atoms with E-state index in [1.54, 1.807) is 31.3 Å². The van der Waals surface area contributed by atoms with Gasteiger partial charge in [-0.1, -0.05) is 6.07 Å². The van der Waals surface area contributed by atoms with Gasteiger partial charge >= 0.3 is 0 Å². The molecule has 0 saturated carbocycles. The Labute approximate surface area is 194 Å². The molecule has 0 aliphatic heterocycles. The van der Waals surface area contributed by atoms with Gasteiger partial charge in [-0.3, -0.25) is 14.6 Å². The standard InChI is InChI=1S/C24H22F2N6O2/c1-14-18(15(2)32-24(30-14)19(12-29-32)23(27)34)7-9-22(33)31(13-17-5-3-4-10-28-17)21-8-6-16(25)11-20(21)26/h3-6,8,10-12H,7,9,13H2,1-2H3,(H2,27,34). The quantitative estimate of drug-likeness (QED) is 0.452. The van der Waals surface area contributed by atoms with E-state index < -0.39 is 17.5 Å². The van der Waals surface area contributed by atoms with Crippen molar-refractivity contribution in [1.29, 1.82) is 0 Å². The maximum absolute atomic E-state index is 14.6. The van der Waals surface area contributed by atoms with Crippen molar-refractivity contribution in [3.63, 3.8) is 0 Å². The molecule has 0 atom stereocenters. The lowest BCUT2D eigenvalue weighted by atomic mass is 10.1. The van der Waals surface area contributed by atoms with Gasteiger partial charge in [0.05, 0.1) is 24.1 Å². The summed E-state index contributed by atoms with van der Waals surface area (Å²) in [4.78, 5) is 34.8. The highest BCUT2D eigenvalue weighted by atomic mass is 19.1. The molecule has 1 aromatic carbocycles.